The van der Waals surface area contributed by atoms with E-state index in [-0.39, 0.29) is 12.2 Å². The topological polar surface area (TPSA) is 43.4 Å². The maximum Gasteiger partial charge on any atom is 0.311 e. The molecule has 0 aliphatic heterocycles. The van der Waals surface area contributed by atoms with E-state index in [1.807, 2.05) is 0 Å². The van der Waals surface area contributed by atoms with Gasteiger partial charge >= 0.3 is 5.97 Å². The van der Waals surface area contributed by atoms with Crippen molar-refractivity contribution in [3.63, 3.8) is 0 Å². The minimum absolute atomic E-state index is 0.191. The van der Waals surface area contributed by atoms with Crippen molar-refractivity contribution in [1.82, 2.24) is 0 Å². The fourth-order valence-corrected chi connectivity index (χ4v) is 1.01. The van der Waals surface area contributed by atoms with E-state index in [4.69, 9.17) is 4.74 Å². The lowest BCUT2D eigenvalue weighted by Crippen LogP contribution is -2.07. The average molecular weight is 210 g/mol. The molecule has 1 aromatic carbocycles. The molecule has 80 valence electrons. The molecule has 15 heavy (non-hydrogen) atoms. The van der Waals surface area contributed by atoms with Gasteiger partial charge in [0, 0.05) is 12.8 Å². The molecule has 0 atom stereocenters. The molecule has 1 aromatic rings. The maximum absolute atomic E-state index is 12.5. The van der Waals surface area contributed by atoms with Crippen LogP contribution >= 0.6 is 0 Å². The van der Waals surface area contributed by atoms with E-state index >= 15 is 0 Å². The van der Waals surface area contributed by atoms with Crippen molar-refractivity contribution in [2.45, 2.75) is 19.3 Å². The summed E-state index contributed by atoms with van der Waals surface area (Å²) in [4.78, 5) is 21.1. The van der Waals surface area contributed by atoms with E-state index in [0.717, 1.165) is 6.29 Å². The Morgan fingerprint density at radius 3 is 2.60 bits per heavy atom. The summed E-state index contributed by atoms with van der Waals surface area (Å²) in [6.45, 7) is 0. The van der Waals surface area contributed by atoms with Crippen LogP contribution in [0.4, 0.5) is 4.39 Å². The highest BCUT2D eigenvalue weighted by Crippen LogP contribution is 2.12. The fraction of sp³-hybridized carbons (Fsp3) is 0.273. The SMILES string of the molecule is O=CCCCC(=O)Oc1ccc(F)cc1. The number of aldehydes is 1. The molecule has 0 N–H and O–H groups in total. The second-order valence-electron chi connectivity index (χ2n) is 2.99. The molecular formula is C11H11FO3. The zero-order valence-electron chi connectivity index (χ0n) is 8.11. The summed E-state index contributed by atoms with van der Waals surface area (Å²) in [6, 6.07) is 5.20. The first-order valence-electron chi connectivity index (χ1n) is 4.62. The molecule has 0 aliphatic rings. The van der Waals surface area contributed by atoms with Gasteiger partial charge in [-0.1, -0.05) is 0 Å². The highest BCUT2D eigenvalue weighted by Gasteiger charge is 2.04. The lowest BCUT2D eigenvalue weighted by molar-refractivity contribution is -0.134. The number of carbonyl (C=O) groups excluding carboxylic acids is 2. The summed E-state index contributed by atoms with van der Waals surface area (Å²) >= 11 is 0. The number of rotatable bonds is 5. The van der Waals surface area contributed by atoms with Gasteiger partial charge in [0.1, 0.15) is 17.9 Å². The normalized spacial score (nSPS) is 9.67. The largest absolute Gasteiger partial charge is 0.427 e. The lowest BCUT2D eigenvalue weighted by Gasteiger charge is -2.02. The summed E-state index contributed by atoms with van der Waals surface area (Å²) in [5.41, 5.74) is 0. The highest BCUT2D eigenvalue weighted by molar-refractivity contribution is 5.72. The molecule has 4 heteroatoms. The van der Waals surface area contributed by atoms with Crippen molar-refractivity contribution < 1.29 is 18.7 Å². The van der Waals surface area contributed by atoms with Gasteiger partial charge in [0.2, 0.25) is 0 Å². The van der Waals surface area contributed by atoms with Crippen molar-refractivity contribution in [2.75, 3.05) is 0 Å². The standard InChI is InChI=1S/C11H11FO3/c12-9-4-6-10(7-5-9)15-11(14)3-1-2-8-13/h4-8H,1-3H2. The van der Waals surface area contributed by atoms with E-state index < -0.39 is 5.97 Å². The second-order valence-corrected chi connectivity index (χ2v) is 2.99. The number of benzene rings is 1. The lowest BCUT2D eigenvalue weighted by atomic mass is 10.2. The van der Waals surface area contributed by atoms with E-state index in [0.29, 0.717) is 18.6 Å². The van der Waals surface area contributed by atoms with Crippen LogP contribution in [0, 0.1) is 5.82 Å². The molecule has 0 aliphatic carbocycles. The molecule has 0 saturated heterocycles. The van der Waals surface area contributed by atoms with Gasteiger partial charge in [-0.05, 0) is 30.7 Å². The van der Waals surface area contributed by atoms with Crippen molar-refractivity contribution in [2.24, 2.45) is 0 Å². The molecular weight excluding hydrogens is 199 g/mol. The minimum atomic E-state index is -0.413. The number of hydrogen-bond acceptors (Lipinski definition) is 3. The molecule has 3 nitrogen and oxygen atoms in total. The first kappa shape index (κ1) is 11.4. The van der Waals surface area contributed by atoms with Crippen LogP contribution in [0.3, 0.4) is 0 Å². The van der Waals surface area contributed by atoms with Gasteiger partial charge in [-0.3, -0.25) is 4.79 Å². The molecule has 0 radical (unpaired) electrons. The van der Waals surface area contributed by atoms with Crippen LogP contribution in [0.5, 0.6) is 5.75 Å². The van der Waals surface area contributed by atoms with E-state index in [1.54, 1.807) is 0 Å². The Morgan fingerprint density at radius 2 is 2.00 bits per heavy atom. The Hall–Kier alpha value is -1.71. The van der Waals surface area contributed by atoms with Crippen molar-refractivity contribution in [3.8, 4) is 5.75 Å². The third kappa shape index (κ3) is 4.35. The number of halogens is 1. The molecule has 0 amide bonds. The van der Waals surface area contributed by atoms with Crippen LogP contribution in [-0.2, 0) is 9.59 Å². The van der Waals surface area contributed by atoms with Crippen LogP contribution in [0.2, 0.25) is 0 Å². The first-order valence-corrected chi connectivity index (χ1v) is 4.62. The first-order chi connectivity index (χ1) is 7.22. The van der Waals surface area contributed by atoms with Gasteiger partial charge in [-0.15, -0.1) is 0 Å². The van der Waals surface area contributed by atoms with Crippen LogP contribution in [0.1, 0.15) is 19.3 Å². The van der Waals surface area contributed by atoms with E-state index in [1.165, 1.54) is 24.3 Å². The minimum Gasteiger partial charge on any atom is -0.427 e. The van der Waals surface area contributed by atoms with Gasteiger partial charge in [0.15, 0.2) is 0 Å². The van der Waals surface area contributed by atoms with Crippen molar-refractivity contribution >= 4 is 12.3 Å². The molecule has 0 heterocycles. The zero-order valence-corrected chi connectivity index (χ0v) is 8.11. The second kappa shape index (κ2) is 5.90. The predicted molar refractivity (Wildman–Crippen MR) is 52.0 cm³/mol. The number of ether oxygens (including phenoxy) is 1. The monoisotopic (exact) mass is 210 g/mol. The Labute approximate surface area is 86.9 Å². The van der Waals surface area contributed by atoms with Crippen molar-refractivity contribution in [3.05, 3.63) is 30.1 Å². The van der Waals surface area contributed by atoms with Gasteiger partial charge in [0.05, 0.1) is 0 Å². The Bertz CT molecular complexity index is 332. The van der Waals surface area contributed by atoms with Gasteiger partial charge in [-0.2, -0.15) is 0 Å². The third-order valence-corrected chi connectivity index (χ3v) is 1.75. The Balaban J connectivity index is 2.37. The number of carbonyl (C=O) groups is 2. The number of unbranched alkanes of at least 4 members (excludes halogenated alkanes) is 1. The van der Waals surface area contributed by atoms with Crippen LogP contribution in [0.15, 0.2) is 24.3 Å². The maximum atomic E-state index is 12.5. The highest BCUT2D eigenvalue weighted by atomic mass is 19.1. The van der Waals surface area contributed by atoms with E-state index in [2.05, 4.69) is 0 Å². The van der Waals surface area contributed by atoms with Crippen molar-refractivity contribution in [1.29, 1.82) is 0 Å². The molecule has 0 unspecified atom stereocenters. The van der Waals surface area contributed by atoms with Crippen LogP contribution in [-0.4, -0.2) is 12.3 Å². The molecule has 0 saturated carbocycles. The van der Waals surface area contributed by atoms with Gasteiger partial charge < -0.3 is 9.53 Å². The predicted octanol–water partition coefficient (Wildman–Crippen LogP) is 2.10. The van der Waals surface area contributed by atoms with Crippen LogP contribution < -0.4 is 4.74 Å². The van der Waals surface area contributed by atoms with Crippen LogP contribution in [0.25, 0.3) is 0 Å². The summed E-state index contributed by atoms with van der Waals surface area (Å²) < 4.78 is 17.4. The summed E-state index contributed by atoms with van der Waals surface area (Å²) in [6.07, 6.45) is 1.77. The third-order valence-electron chi connectivity index (χ3n) is 1.75. The smallest absolute Gasteiger partial charge is 0.311 e. The van der Waals surface area contributed by atoms with Gasteiger partial charge in [0.25, 0.3) is 0 Å². The molecule has 0 spiro atoms. The Kier molecular flexibility index (Phi) is 4.47. The molecule has 1 rings (SSSR count). The quantitative estimate of drug-likeness (QED) is 0.323. The summed E-state index contributed by atoms with van der Waals surface area (Å²) in [5.74, 6) is -0.480. The Morgan fingerprint density at radius 1 is 1.33 bits per heavy atom. The molecule has 0 bridgehead atoms. The number of hydrogen-bond donors (Lipinski definition) is 0. The fourth-order valence-electron chi connectivity index (χ4n) is 1.01. The van der Waals surface area contributed by atoms with Gasteiger partial charge in [-0.25, -0.2) is 4.39 Å². The zero-order chi connectivity index (χ0) is 11.1. The van der Waals surface area contributed by atoms with E-state index in [9.17, 15) is 14.0 Å². The summed E-state index contributed by atoms with van der Waals surface area (Å²) in [7, 11) is 0. The summed E-state index contributed by atoms with van der Waals surface area (Å²) in [5, 5.41) is 0. The number of esters is 1. The molecule has 0 fully saturated rings. The average Bonchev–Trinajstić information content (AvgIpc) is 2.22. The molecule has 0 aromatic heterocycles.